The van der Waals surface area contributed by atoms with E-state index in [2.05, 4.69) is 47.1 Å². The zero-order chi connectivity index (χ0) is 31.1. The van der Waals surface area contributed by atoms with Gasteiger partial charge in [-0.05, 0) is 37.5 Å². The average molecular weight is 641 g/mol. The maximum Gasteiger partial charge on any atom is 0.321 e. The zero-order valence-corrected chi connectivity index (χ0v) is 26.0. The molecule has 19 heteroatoms. The van der Waals surface area contributed by atoms with Gasteiger partial charge in [-0.3, -0.25) is 14.3 Å². The molecule has 0 spiro atoms. The molecule has 4 atom stereocenters. The Labute approximate surface area is 252 Å². The highest BCUT2D eigenvalue weighted by atomic mass is 32.5. The highest BCUT2D eigenvalue weighted by Gasteiger charge is 2.31. The number of aromatic amines is 1. The van der Waals surface area contributed by atoms with Crippen molar-refractivity contribution < 1.29 is 28.5 Å². The molecule has 0 unspecified atom stereocenters. The van der Waals surface area contributed by atoms with Gasteiger partial charge in [-0.15, -0.1) is 0 Å². The number of fused-ring (bicyclic) bond motifs is 2. The third kappa shape index (κ3) is 7.90. The molecule has 4 aromatic rings. The number of aromatic nitrogens is 8. The summed E-state index contributed by atoms with van der Waals surface area (Å²) < 4.78 is 25.1. The van der Waals surface area contributed by atoms with Crippen LogP contribution in [-0.4, -0.2) is 88.5 Å². The van der Waals surface area contributed by atoms with Crippen molar-refractivity contribution in [1.82, 2.24) is 39.1 Å². The fraction of sp³-hybridized carbons (Fsp3) is 0.583. The summed E-state index contributed by atoms with van der Waals surface area (Å²) in [6.45, 7) is 0.978. The minimum atomic E-state index is -3.64. The van der Waals surface area contributed by atoms with Gasteiger partial charge in [0.1, 0.15) is 18.7 Å². The Morgan fingerprint density at radius 2 is 1.88 bits per heavy atom. The van der Waals surface area contributed by atoms with Crippen LogP contribution in [0.3, 0.4) is 0 Å². The van der Waals surface area contributed by atoms with Crippen molar-refractivity contribution in [3.8, 4) is 0 Å². The van der Waals surface area contributed by atoms with E-state index in [4.69, 9.17) is 34.3 Å². The molecule has 2 aliphatic heterocycles. The lowest BCUT2D eigenvalue weighted by molar-refractivity contribution is -0.0300. The SMILES string of the molecule is CC.CNc1ncnn2c([C@H]3CC[C@@H](COP(O)(O)=S)O3)cnc12.COC[C@@H]1CC[C@H](n2cnc3c(=O)[nH]c(N)nc32)O1. The number of nitrogen functional groups attached to an aromatic ring is 1. The third-order valence-electron chi connectivity index (χ3n) is 6.63. The monoisotopic (exact) mass is 640 g/mol. The molecule has 17 nitrogen and oxygen atoms in total. The van der Waals surface area contributed by atoms with E-state index in [1.54, 1.807) is 35.8 Å². The van der Waals surface area contributed by atoms with E-state index in [1.165, 1.54) is 6.33 Å². The van der Waals surface area contributed by atoms with Crippen LogP contribution in [0.4, 0.5) is 11.8 Å². The molecule has 6 heterocycles. The molecule has 0 bridgehead atoms. The average Bonchev–Trinajstić information content (AvgIpc) is 3.78. The number of anilines is 2. The Morgan fingerprint density at radius 3 is 2.60 bits per heavy atom. The Kier molecular flexibility index (Phi) is 11.1. The van der Waals surface area contributed by atoms with Gasteiger partial charge in [0.25, 0.3) is 5.56 Å². The van der Waals surface area contributed by atoms with E-state index in [9.17, 15) is 4.79 Å². The van der Waals surface area contributed by atoms with Crippen LogP contribution >= 0.6 is 6.72 Å². The highest BCUT2D eigenvalue weighted by Crippen LogP contribution is 2.39. The summed E-state index contributed by atoms with van der Waals surface area (Å²) in [7, 11) is 3.41. The van der Waals surface area contributed by atoms with Crippen molar-refractivity contribution in [2.45, 2.75) is 64.1 Å². The van der Waals surface area contributed by atoms with Crippen molar-refractivity contribution in [3.63, 3.8) is 0 Å². The van der Waals surface area contributed by atoms with Gasteiger partial charge < -0.3 is 39.6 Å². The first-order valence-corrected chi connectivity index (χ1v) is 16.4. The Hall–Kier alpha value is -3.09. The van der Waals surface area contributed by atoms with E-state index < -0.39 is 6.72 Å². The topological polar surface area (TPSA) is 222 Å². The second kappa shape index (κ2) is 14.6. The number of ether oxygens (including phenoxy) is 3. The van der Waals surface area contributed by atoms with E-state index in [1.807, 2.05) is 13.8 Å². The molecule has 0 aromatic carbocycles. The van der Waals surface area contributed by atoms with E-state index in [-0.39, 0.29) is 48.2 Å². The number of nitrogens with two attached hydrogens (primary N) is 1. The number of imidazole rings is 2. The summed E-state index contributed by atoms with van der Waals surface area (Å²) in [5.74, 6) is 0.714. The molecule has 0 amide bonds. The molecule has 0 aliphatic carbocycles. The summed E-state index contributed by atoms with van der Waals surface area (Å²) in [4.78, 5) is 48.9. The first-order chi connectivity index (χ1) is 20.7. The zero-order valence-electron chi connectivity index (χ0n) is 24.3. The van der Waals surface area contributed by atoms with Crippen LogP contribution in [0.25, 0.3) is 16.8 Å². The van der Waals surface area contributed by atoms with Crippen LogP contribution in [0.5, 0.6) is 0 Å². The Balaban J connectivity index is 0.000000188. The predicted octanol–water partition coefficient (Wildman–Crippen LogP) is 1.66. The van der Waals surface area contributed by atoms with E-state index in [0.29, 0.717) is 23.7 Å². The molecule has 236 valence electrons. The second-order valence-corrected chi connectivity index (χ2v) is 12.1. The fourth-order valence-electron chi connectivity index (χ4n) is 4.81. The van der Waals surface area contributed by atoms with Gasteiger partial charge in [-0.25, -0.2) is 19.5 Å². The maximum atomic E-state index is 11.7. The van der Waals surface area contributed by atoms with Gasteiger partial charge in [-0.2, -0.15) is 10.1 Å². The lowest BCUT2D eigenvalue weighted by Gasteiger charge is -2.15. The number of rotatable bonds is 8. The van der Waals surface area contributed by atoms with Crippen LogP contribution in [0, 0.1) is 0 Å². The molecular weight excluding hydrogens is 603 g/mol. The number of hydrogen-bond donors (Lipinski definition) is 5. The van der Waals surface area contributed by atoms with Gasteiger partial charge in [0.15, 0.2) is 22.6 Å². The fourth-order valence-corrected chi connectivity index (χ4v) is 5.35. The van der Waals surface area contributed by atoms with E-state index in [0.717, 1.165) is 31.4 Å². The molecule has 2 saturated heterocycles. The van der Waals surface area contributed by atoms with Crippen LogP contribution in [0.1, 0.15) is 57.6 Å². The molecule has 43 heavy (non-hydrogen) atoms. The smallest absolute Gasteiger partial charge is 0.321 e. The summed E-state index contributed by atoms with van der Waals surface area (Å²) in [5, 5.41) is 7.17. The Morgan fingerprint density at radius 1 is 1.14 bits per heavy atom. The molecule has 2 fully saturated rings. The van der Waals surface area contributed by atoms with Gasteiger partial charge in [-0.1, -0.05) is 13.8 Å². The quantitative estimate of drug-likeness (QED) is 0.173. The summed E-state index contributed by atoms with van der Waals surface area (Å²) in [6, 6.07) is 0. The van der Waals surface area contributed by atoms with E-state index >= 15 is 0 Å². The van der Waals surface area contributed by atoms with Crippen LogP contribution in [-0.2, 0) is 30.5 Å². The highest BCUT2D eigenvalue weighted by molar-refractivity contribution is 8.06. The predicted molar refractivity (Wildman–Crippen MR) is 161 cm³/mol. The number of nitrogens with zero attached hydrogens (tertiary/aromatic N) is 7. The number of H-pyrrole nitrogens is 1. The van der Waals surface area contributed by atoms with Crippen molar-refractivity contribution >= 4 is 47.1 Å². The molecule has 0 saturated carbocycles. The second-order valence-electron chi connectivity index (χ2n) is 9.41. The first kappa shape index (κ1) is 32.8. The normalized spacial score (nSPS) is 21.8. The largest absolute Gasteiger partial charge is 0.382 e. The molecule has 0 radical (unpaired) electrons. The lowest BCUT2D eigenvalue weighted by atomic mass is 10.1. The van der Waals surface area contributed by atoms with Crippen LogP contribution in [0.15, 0.2) is 23.6 Å². The summed E-state index contributed by atoms with van der Waals surface area (Å²) in [5.41, 5.74) is 7.39. The van der Waals surface area contributed by atoms with Gasteiger partial charge in [0.2, 0.25) is 5.95 Å². The minimum absolute atomic E-state index is 0.0618. The maximum absolute atomic E-state index is 11.7. The van der Waals surface area contributed by atoms with Crippen molar-refractivity contribution in [3.05, 3.63) is 34.9 Å². The van der Waals surface area contributed by atoms with Gasteiger partial charge in [0, 0.05) is 14.2 Å². The number of hydrogen-bond acceptors (Lipinski definition) is 13. The van der Waals surface area contributed by atoms with Crippen molar-refractivity contribution in [2.24, 2.45) is 0 Å². The lowest BCUT2D eigenvalue weighted by Crippen LogP contribution is -2.16. The molecule has 4 aromatic heterocycles. The number of methoxy groups -OCH3 is 1. The minimum Gasteiger partial charge on any atom is -0.382 e. The molecule has 6 N–H and O–H groups in total. The molecule has 2 aliphatic rings. The Bertz CT molecular complexity index is 1610. The van der Waals surface area contributed by atoms with Crippen molar-refractivity contribution in [1.29, 1.82) is 0 Å². The summed E-state index contributed by atoms with van der Waals surface area (Å²) in [6.07, 6.45) is 7.41. The van der Waals surface area contributed by atoms with Crippen LogP contribution in [0.2, 0.25) is 0 Å². The van der Waals surface area contributed by atoms with Gasteiger partial charge >= 0.3 is 6.72 Å². The van der Waals surface area contributed by atoms with Gasteiger partial charge in [0.05, 0.1) is 43.6 Å². The number of nitrogens with one attached hydrogen (secondary N) is 2. The van der Waals surface area contributed by atoms with Crippen molar-refractivity contribution in [2.75, 3.05) is 38.4 Å². The third-order valence-corrected chi connectivity index (χ3v) is 7.43. The molecule has 6 rings (SSSR count). The standard InChI is InChI=1S/C11H16N5O4PS.C11H15N5O3.C2H6/c1-12-10-11-13-4-8(16(11)15-6-14-10)9-3-2-7(20-9)5-19-21(17,18)22;1-18-4-6-2-3-7(19-6)16-5-13-8-9(16)14-11(12)15-10(8)17;1-2/h4,6-7,9H,2-3,5H2,1H3,(H,12,14,15)(H2,17,18,22);5-7H,2-4H2,1H3,(H3,12,14,15,17);1-2H3/t7-,9+;6-,7+;/m00./s1. The summed E-state index contributed by atoms with van der Waals surface area (Å²) >= 11 is 4.43. The first-order valence-electron chi connectivity index (χ1n) is 13.8. The van der Waals surface area contributed by atoms with Crippen LogP contribution < -0.4 is 16.6 Å². The molecular formula is C24H37N10O7PS.